The Bertz CT molecular complexity index is 1080. The normalized spacial score (nSPS) is 20.1. The smallest absolute Gasteiger partial charge is 0.327 e. The van der Waals surface area contributed by atoms with Crippen LogP contribution in [-0.2, 0) is 16.1 Å². The number of carbonyl (C=O) groups excluding carboxylic acids is 3. The van der Waals surface area contributed by atoms with Crippen LogP contribution in [0.5, 0.6) is 11.5 Å². The second-order valence-electron chi connectivity index (χ2n) is 8.22. The number of piperidine rings is 1. The molecule has 0 aromatic heterocycles. The molecule has 0 bridgehead atoms. The van der Waals surface area contributed by atoms with Gasteiger partial charge in [0.05, 0.1) is 32.5 Å². The zero-order chi connectivity index (χ0) is 24.2. The van der Waals surface area contributed by atoms with Crippen LogP contribution in [0.25, 0.3) is 0 Å². The quantitative estimate of drug-likeness (QED) is 0.645. The van der Waals surface area contributed by atoms with E-state index < -0.39 is 29.8 Å². The Hall–Kier alpha value is -3.66. The van der Waals surface area contributed by atoms with Gasteiger partial charge in [0, 0.05) is 6.07 Å². The first-order chi connectivity index (χ1) is 16.4. The number of rotatable bonds is 7. The van der Waals surface area contributed by atoms with Crippen molar-refractivity contribution in [2.75, 3.05) is 32.6 Å². The number of nitrogens with one attached hydrogen (secondary N) is 2. The van der Waals surface area contributed by atoms with Gasteiger partial charge >= 0.3 is 6.03 Å². The zero-order valence-electron chi connectivity index (χ0n) is 19.0. The van der Waals surface area contributed by atoms with Crippen molar-refractivity contribution >= 4 is 23.5 Å². The number of hydrogen-bond donors (Lipinski definition) is 2. The zero-order valence-corrected chi connectivity index (χ0v) is 19.0. The summed E-state index contributed by atoms with van der Waals surface area (Å²) in [5.41, 5.74) is 1.06. The summed E-state index contributed by atoms with van der Waals surface area (Å²) in [5.74, 6) is -0.166. The summed E-state index contributed by atoms with van der Waals surface area (Å²) in [7, 11) is 3.01. The molecule has 2 atom stereocenters. The first-order valence-corrected chi connectivity index (χ1v) is 11.0. The molecule has 2 saturated heterocycles. The van der Waals surface area contributed by atoms with Crippen LogP contribution >= 0.6 is 0 Å². The fourth-order valence-corrected chi connectivity index (χ4v) is 4.37. The number of methoxy groups -OCH3 is 2. The number of halogens is 1. The van der Waals surface area contributed by atoms with Gasteiger partial charge in [-0.1, -0.05) is 12.1 Å². The molecule has 2 unspecified atom stereocenters. The summed E-state index contributed by atoms with van der Waals surface area (Å²) in [6.45, 7) is 0.409. The Kier molecular flexibility index (Phi) is 6.97. The third-order valence-corrected chi connectivity index (χ3v) is 6.09. The highest BCUT2D eigenvalue weighted by atomic mass is 19.1. The third-order valence-electron chi connectivity index (χ3n) is 6.09. The minimum atomic E-state index is -0.602. The fourth-order valence-electron chi connectivity index (χ4n) is 4.37. The van der Waals surface area contributed by atoms with E-state index in [9.17, 15) is 18.8 Å². The Balaban J connectivity index is 1.54. The Morgan fingerprint density at radius 3 is 2.62 bits per heavy atom. The van der Waals surface area contributed by atoms with Gasteiger partial charge in [-0.2, -0.15) is 0 Å². The van der Waals surface area contributed by atoms with Crippen LogP contribution in [0, 0.1) is 5.82 Å². The molecule has 0 radical (unpaired) electrons. The predicted molar refractivity (Wildman–Crippen MR) is 122 cm³/mol. The van der Waals surface area contributed by atoms with Crippen molar-refractivity contribution in [2.45, 2.75) is 31.5 Å². The Morgan fingerprint density at radius 1 is 1.15 bits per heavy atom. The molecule has 2 N–H and O–H groups in total. The second-order valence-corrected chi connectivity index (χ2v) is 8.22. The number of fused-ring (bicyclic) bond motifs is 1. The van der Waals surface area contributed by atoms with Gasteiger partial charge in [0.15, 0.2) is 0 Å². The summed E-state index contributed by atoms with van der Waals surface area (Å²) >= 11 is 0. The number of urea groups is 1. The lowest BCUT2D eigenvalue weighted by molar-refractivity contribution is -0.138. The minimum Gasteiger partial charge on any atom is -0.497 e. The number of nitrogens with zero attached hydrogens (tertiary/aromatic N) is 2. The average Bonchev–Trinajstić information content (AvgIpc) is 2.85. The van der Waals surface area contributed by atoms with E-state index in [0.29, 0.717) is 35.7 Å². The highest BCUT2D eigenvalue weighted by Crippen LogP contribution is 2.30. The van der Waals surface area contributed by atoms with Crippen LogP contribution in [0.4, 0.5) is 14.9 Å². The lowest BCUT2D eigenvalue weighted by atomic mass is 9.93. The molecule has 2 aromatic rings. The lowest BCUT2D eigenvalue weighted by Gasteiger charge is -2.46. The van der Waals surface area contributed by atoms with E-state index in [1.807, 2.05) is 0 Å². The average molecular weight is 471 g/mol. The molecule has 10 heteroatoms. The molecular weight excluding hydrogens is 443 g/mol. The van der Waals surface area contributed by atoms with Gasteiger partial charge in [0.25, 0.3) is 0 Å². The predicted octanol–water partition coefficient (Wildman–Crippen LogP) is 2.37. The molecule has 2 heterocycles. The molecule has 4 amide bonds. The van der Waals surface area contributed by atoms with Crippen molar-refractivity contribution in [1.29, 1.82) is 0 Å². The van der Waals surface area contributed by atoms with Gasteiger partial charge in [-0.25, -0.2) is 9.18 Å². The standard InChI is InChI=1S/C24H27FN4O5/c1-33-17-9-10-18(20(12-17)34-2)27-21(30)14-28-19-4-3-11-26-22(19)23(31)29(24(28)32)13-15-5-7-16(25)8-6-15/h5-10,12,19,22,26H,3-4,11,13-14H2,1-2H3,(H,27,30). The summed E-state index contributed by atoms with van der Waals surface area (Å²) < 4.78 is 23.8. The molecule has 0 saturated carbocycles. The van der Waals surface area contributed by atoms with Gasteiger partial charge in [-0.05, 0) is 49.2 Å². The number of carbonyl (C=O) groups is 3. The van der Waals surface area contributed by atoms with Crippen molar-refractivity contribution in [3.05, 3.63) is 53.8 Å². The van der Waals surface area contributed by atoms with E-state index >= 15 is 0 Å². The van der Waals surface area contributed by atoms with Crippen molar-refractivity contribution in [2.24, 2.45) is 0 Å². The molecule has 4 rings (SSSR count). The Labute approximate surface area is 196 Å². The maximum absolute atomic E-state index is 13.4. The van der Waals surface area contributed by atoms with E-state index in [1.54, 1.807) is 18.2 Å². The van der Waals surface area contributed by atoms with Crippen LogP contribution in [0.1, 0.15) is 18.4 Å². The fraction of sp³-hybridized carbons (Fsp3) is 0.375. The second kappa shape index (κ2) is 10.1. The van der Waals surface area contributed by atoms with E-state index in [0.717, 1.165) is 11.3 Å². The topological polar surface area (TPSA) is 100 Å². The maximum Gasteiger partial charge on any atom is 0.327 e. The number of hydrogen-bond acceptors (Lipinski definition) is 6. The largest absolute Gasteiger partial charge is 0.497 e. The minimum absolute atomic E-state index is 0.00668. The van der Waals surface area contributed by atoms with E-state index in [-0.39, 0.29) is 19.0 Å². The van der Waals surface area contributed by atoms with Crippen molar-refractivity contribution in [1.82, 2.24) is 15.1 Å². The monoisotopic (exact) mass is 470 g/mol. The van der Waals surface area contributed by atoms with Crippen LogP contribution < -0.4 is 20.1 Å². The maximum atomic E-state index is 13.4. The first-order valence-electron chi connectivity index (χ1n) is 11.0. The summed E-state index contributed by atoms with van der Waals surface area (Å²) in [4.78, 5) is 42.0. The van der Waals surface area contributed by atoms with Gasteiger partial charge in [-0.3, -0.25) is 14.5 Å². The molecule has 2 aromatic carbocycles. The van der Waals surface area contributed by atoms with E-state index in [2.05, 4.69) is 10.6 Å². The molecule has 2 aliphatic heterocycles. The van der Waals surface area contributed by atoms with Gasteiger partial charge < -0.3 is 25.0 Å². The van der Waals surface area contributed by atoms with Crippen molar-refractivity contribution in [3.63, 3.8) is 0 Å². The molecule has 2 aliphatic rings. The third kappa shape index (κ3) is 4.81. The van der Waals surface area contributed by atoms with E-state index in [1.165, 1.54) is 43.4 Å². The molecular formula is C24H27FN4O5. The van der Waals surface area contributed by atoms with Crippen LogP contribution in [0.2, 0.25) is 0 Å². The number of anilines is 1. The molecule has 9 nitrogen and oxygen atoms in total. The van der Waals surface area contributed by atoms with Gasteiger partial charge in [0.2, 0.25) is 11.8 Å². The summed E-state index contributed by atoms with van der Waals surface area (Å²) in [5, 5.41) is 5.97. The molecule has 0 aliphatic carbocycles. The number of imide groups is 1. The molecule has 0 spiro atoms. The van der Waals surface area contributed by atoms with Crippen LogP contribution in [-0.4, -0.2) is 67.0 Å². The van der Waals surface area contributed by atoms with Crippen LogP contribution in [0.3, 0.4) is 0 Å². The highest BCUT2D eigenvalue weighted by Gasteiger charge is 2.47. The highest BCUT2D eigenvalue weighted by molar-refractivity contribution is 6.03. The van der Waals surface area contributed by atoms with Crippen molar-refractivity contribution in [3.8, 4) is 11.5 Å². The Morgan fingerprint density at radius 2 is 1.91 bits per heavy atom. The molecule has 180 valence electrons. The lowest BCUT2D eigenvalue weighted by Crippen LogP contribution is -2.70. The number of ether oxygens (including phenoxy) is 2. The SMILES string of the molecule is COc1ccc(NC(=O)CN2C(=O)N(Cc3ccc(F)cc3)C(=O)C3NCCCC32)c(OC)c1. The number of amides is 4. The van der Waals surface area contributed by atoms with Gasteiger partial charge in [0.1, 0.15) is 29.9 Å². The first kappa shape index (κ1) is 23.5. The van der Waals surface area contributed by atoms with Crippen LogP contribution in [0.15, 0.2) is 42.5 Å². The number of benzene rings is 2. The molecule has 34 heavy (non-hydrogen) atoms. The molecule has 2 fully saturated rings. The van der Waals surface area contributed by atoms with Gasteiger partial charge in [-0.15, -0.1) is 0 Å². The van der Waals surface area contributed by atoms with E-state index in [4.69, 9.17) is 9.47 Å². The summed E-state index contributed by atoms with van der Waals surface area (Å²) in [6.07, 6.45) is 1.39. The summed E-state index contributed by atoms with van der Waals surface area (Å²) in [6, 6.07) is 9.04. The van der Waals surface area contributed by atoms with Crippen molar-refractivity contribution < 1.29 is 28.2 Å².